The van der Waals surface area contributed by atoms with Gasteiger partial charge >= 0.3 is 0 Å². The minimum Gasteiger partial charge on any atom is -0.497 e. The average molecular weight is 605 g/mol. The Morgan fingerprint density at radius 2 is 1.49 bits per heavy atom. The molecule has 3 N–H and O–H groups in total. The number of sulfonamides is 1. The molecule has 0 spiro atoms. The van der Waals surface area contributed by atoms with E-state index in [4.69, 9.17) is 9.47 Å². The number of para-hydroxylation sites is 2. The van der Waals surface area contributed by atoms with Gasteiger partial charge in [0.05, 0.1) is 36.7 Å². The fraction of sp³-hybridized carbons (Fsp3) is 0.323. The Morgan fingerprint density at radius 1 is 0.860 bits per heavy atom. The molecule has 1 aromatic heterocycles. The summed E-state index contributed by atoms with van der Waals surface area (Å²) in [5, 5.41) is 6.01. The maximum Gasteiger partial charge on any atom is 0.263 e. The molecule has 1 aliphatic rings. The first-order chi connectivity index (χ1) is 20.6. The number of aromatic nitrogens is 2. The van der Waals surface area contributed by atoms with Crippen molar-refractivity contribution in [3.05, 3.63) is 66.7 Å². The van der Waals surface area contributed by atoms with Crippen LogP contribution in [0.2, 0.25) is 0 Å². The third-order valence-corrected chi connectivity index (χ3v) is 8.88. The second-order valence-corrected chi connectivity index (χ2v) is 12.3. The van der Waals surface area contributed by atoms with E-state index >= 15 is 0 Å². The van der Waals surface area contributed by atoms with Crippen LogP contribution in [0.15, 0.2) is 71.6 Å². The highest BCUT2D eigenvalue weighted by atomic mass is 32.2. The molecule has 1 saturated heterocycles. The van der Waals surface area contributed by atoms with E-state index in [0.29, 0.717) is 46.0 Å². The standard InChI is InChI=1S/C31H36N6O5S/c1-20-9-7-10-21(2)37(20)19-29(38)32-22-11-8-12-26(17-22)43(39,40)36-31-30(34-27-13-5-6-14-28(27)35-31)33-23-15-24(41-3)18-25(16-23)42-4/h5-6,8,11-18,20-21H,7,9-10,19H2,1-4H3,(H,32,38)(H,33,34)(H,35,36). The molecule has 4 aromatic rings. The van der Waals surface area contributed by atoms with Crippen LogP contribution in [0.4, 0.5) is 23.0 Å². The van der Waals surface area contributed by atoms with Gasteiger partial charge in [0.1, 0.15) is 11.5 Å². The van der Waals surface area contributed by atoms with Gasteiger partial charge in [-0.2, -0.15) is 0 Å². The maximum absolute atomic E-state index is 13.6. The van der Waals surface area contributed by atoms with Crippen molar-refractivity contribution in [3.63, 3.8) is 0 Å². The fourth-order valence-corrected chi connectivity index (χ4v) is 6.31. The highest BCUT2D eigenvalue weighted by Crippen LogP contribution is 2.32. The number of nitrogens with one attached hydrogen (secondary N) is 3. The quantitative estimate of drug-likeness (QED) is 0.218. The molecule has 226 valence electrons. The van der Waals surface area contributed by atoms with Crippen LogP contribution in [0, 0.1) is 0 Å². The van der Waals surface area contributed by atoms with Gasteiger partial charge in [-0.15, -0.1) is 0 Å². The van der Waals surface area contributed by atoms with E-state index in [1.807, 2.05) is 6.07 Å². The number of ether oxygens (including phenoxy) is 2. The summed E-state index contributed by atoms with van der Waals surface area (Å²) < 4.78 is 40.5. The lowest BCUT2D eigenvalue weighted by molar-refractivity contribution is -0.118. The molecule has 1 amide bonds. The Bertz CT molecular complexity index is 1700. The van der Waals surface area contributed by atoms with Crippen molar-refractivity contribution in [1.29, 1.82) is 0 Å². The van der Waals surface area contributed by atoms with E-state index in [0.717, 1.165) is 19.3 Å². The number of piperidine rings is 1. The topological polar surface area (TPSA) is 135 Å². The summed E-state index contributed by atoms with van der Waals surface area (Å²) >= 11 is 0. The summed E-state index contributed by atoms with van der Waals surface area (Å²) in [5.74, 6) is 1.08. The second-order valence-electron chi connectivity index (χ2n) is 10.6. The number of likely N-dealkylation sites (tertiary alicyclic amines) is 1. The Labute approximate surface area is 251 Å². The number of nitrogens with zero attached hydrogens (tertiary/aromatic N) is 3. The monoisotopic (exact) mass is 604 g/mol. The number of methoxy groups -OCH3 is 2. The third-order valence-electron chi connectivity index (χ3n) is 7.55. The summed E-state index contributed by atoms with van der Waals surface area (Å²) in [6.07, 6.45) is 3.26. The Hall–Kier alpha value is -4.42. The number of fused-ring (bicyclic) bond motifs is 1. The van der Waals surface area contributed by atoms with E-state index in [1.54, 1.807) is 62.8 Å². The van der Waals surface area contributed by atoms with Crippen molar-refractivity contribution in [1.82, 2.24) is 14.9 Å². The minimum atomic E-state index is -4.13. The van der Waals surface area contributed by atoms with Crippen LogP contribution in [0.1, 0.15) is 33.1 Å². The Balaban J connectivity index is 1.40. The molecule has 1 fully saturated rings. The second kappa shape index (κ2) is 12.8. The van der Waals surface area contributed by atoms with Gasteiger partial charge in [0.15, 0.2) is 11.6 Å². The predicted molar refractivity (Wildman–Crippen MR) is 168 cm³/mol. The number of rotatable bonds is 10. The predicted octanol–water partition coefficient (Wildman–Crippen LogP) is 5.39. The number of amides is 1. The van der Waals surface area contributed by atoms with E-state index < -0.39 is 10.0 Å². The molecule has 3 aromatic carbocycles. The number of carbonyl (C=O) groups is 1. The van der Waals surface area contributed by atoms with Crippen molar-refractivity contribution < 1.29 is 22.7 Å². The van der Waals surface area contributed by atoms with Crippen LogP contribution in [-0.2, 0) is 14.8 Å². The van der Waals surface area contributed by atoms with Crippen molar-refractivity contribution in [2.75, 3.05) is 36.1 Å². The first-order valence-corrected chi connectivity index (χ1v) is 15.6. The Morgan fingerprint density at radius 3 is 2.12 bits per heavy atom. The summed E-state index contributed by atoms with van der Waals surface area (Å²) in [5.41, 5.74) is 2.03. The third kappa shape index (κ3) is 7.15. The zero-order chi connectivity index (χ0) is 30.6. The molecule has 0 aliphatic carbocycles. The van der Waals surface area contributed by atoms with E-state index in [9.17, 15) is 13.2 Å². The molecule has 0 saturated carbocycles. The van der Waals surface area contributed by atoms with Crippen LogP contribution in [0.25, 0.3) is 11.0 Å². The smallest absolute Gasteiger partial charge is 0.263 e. The van der Waals surface area contributed by atoms with Crippen LogP contribution in [0.3, 0.4) is 0 Å². The molecule has 2 heterocycles. The first-order valence-electron chi connectivity index (χ1n) is 14.1. The molecule has 2 atom stereocenters. The number of hydrogen-bond acceptors (Lipinski definition) is 9. The summed E-state index contributed by atoms with van der Waals surface area (Å²) in [7, 11) is -1.05. The van der Waals surface area contributed by atoms with Gasteiger partial charge in [-0.25, -0.2) is 18.4 Å². The lowest BCUT2D eigenvalue weighted by Gasteiger charge is -2.38. The maximum atomic E-state index is 13.6. The lowest BCUT2D eigenvalue weighted by atomic mass is 9.97. The van der Waals surface area contributed by atoms with Gasteiger partial charge in [-0.05, 0) is 57.0 Å². The van der Waals surface area contributed by atoms with Gasteiger partial charge in [-0.1, -0.05) is 24.6 Å². The average Bonchev–Trinajstić information content (AvgIpc) is 2.99. The molecule has 0 bridgehead atoms. The molecule has 1 aliphatic heterocycles. The number of hydrogen-bond donors (Lipinski definition) is 3. The Kier molecular flexibility index (Phi) is 8.97. The van der Waals surface area contributed by atoms with Crippen LogP contribution < -0.4 is 24.8 Å². The molecule has 0 radical (unpaired) electrons. The van der Waals surface area contributed by atoms with Crippen LogP contribution in [0.5, 0.6) is 11.5 Å². The minimum absolute atomic E-state index is 0.00278. The molecular weight excluding hydrogens is 568 g/mol. The van der Waals surface area contributed by atoms with Gasteiger partial charge in [0.2, 0.25) is 5.91 Å². The van der Waals surface area contributed by atoms with Gasteiger partial charge in [-0.3, -0.25) is 14.4 Å². The number of benzene rings is 3. The van der Waals surface area contributed by atoms with E-state index in [-0.39, 0.29) is 29.0 Å². The lowest BCUT2D eigenvalue weighted by Crippen LogP contribution is -2.47. The van der Waals surface area contributed by atoms with E-state index in [1.165, 1.54) is 12.1 Å². The molecule has 2 unspecified atom stereocenters. The molecular formula is C31H36N6O5S. The van der Waals surface area contributed by atoms with E-state index in [2.05, 4.69) is 44.1 Å². The van der Waals surface area contributed by atoms with Crippen LogP contribution in [-0.4, -0.2) is 62.0 Å². The largest absolute Gasteiger partial charge is 0.497 e. The molecule has 5 rings (SSSR count). The van der Waals surface area contributed by atoms with Gasteiger partial charge < -0.3 is 20.1 Å². The van der Waals surface area contributed by atoms with Crippen molar-refractivity contribution in [3.8, 4) is 11.5 Å². The highest BCUT2D eigenvalue weighted by Gasteiger charge is 2.26. The molecule has 12 heteroatoms. The highest BCUT2D eigenvalue weighted by molar-refractivity contribution is 7.92. The molecule has 43 heavy (non-hydrogen) atoms. The fourth-order valence-electron chi connectivity index (χ4n) is 5.25. The van der Waals surface area contributed by atoms with Crippen molar-refractivity contribution in [2.45, 2.75) is 50.1 Å². The summed E-state index contributed by atoms with van der Waals surface area (Å²) in [6, 6.07) is 19.1. The van der Waals surface area contributed by atoms with Crippen molar-refractivity contribution in [2.24, 2.45) is 0 Å². The van der Waals surface area contributed by atoms with Gasteiger partial charge in [0, 0.05) is 41.7 Å². The SMILES string of the molecule is COc1cc(Nc2nc3ccccc3nc2NS(=O)(=O)c2cccc(NC(=O)CN3C(C)CCCC3C)c2)cc(OC)c1. The number of anilines is 4. The molecule has 11 nitrogen and oxygen atoms in total. The van der Waals surface area contributed by atoms with Crippen LogP contribution >= 0.6 is 0 Å². The van der Waals surface area contributed by atoms with Gasteiger partial charge in [0.25, 0.3) is 10.0 Å². The zero-order valence-electron chi connectivity index (χ0n) is 24.6. The number of carbonyl (C=O) groups excluding carboxylic acids is 1. The summed E-state index contributed by atoms with van der Waals surface area (Å²) in [4.78, 5) is 24.3. The zero-order valence-corrected chi connectivity index (χ0v) is 25.4. The first kappa shape index (κ1) is 30.1. The van der Waals surface area contributed by atoms with Crippen molar-refractivity contribution >= 4 is 50.0 Å². The normalized spacial score (nSPS) is 17.3. The summed E-state index contributed by atoms with van der Waals surface area (Å²) in [6.45, 7) is 4.51.